The maximum Gasteiger partial charge on any atom is 0.267 e. The van der Waals surface area contributed by atoms with Gasteiger partial charge in [-0.15, -0.1) is 0 Å². The lowest BCUT2D eigenvalue weighted by Crippen LogP contribution is -2.07. The molecule has 0 aliphatic carbocycles. The summed E-state index contributed by atoms with van der Waals surface area (Å²) >= 11 is 0. The molecule has 0 bridgehead atoms. The average Bonchev–Trinajstić information content (AvgIpc) is 2.43. The maximum absolute atomic E-state index is 13.2. The molecule has 0 saturated heterocycles. The van der Waals surface area contributed by atoms with E-state index in [4.69, 9.17) is 4.74 Å². The Morgan fingerprint density at radius 2 is 1.90 bits per heavy atom. The van der Waals surface area contributed by atoms with E-state index >= 15 is 0 Å². The third kappa shape index (κ3) is 4.80. The highest BCUT2D eigenvalue weighted by Gasteiger charge is 2.21. The lowest BCUT2D eigenvalue weighted by molar-refractivity contribution is 0.0977. The summed E-state index contributed by atoms with van der Waals surface area (Å²) in [6.07, 6.45) is 1.78. The number of Topliss-reactive ketones (excluding diaryl/α,β-unsaturated/α-hetero) is 1. The Labute approximate surface area is 125 Å². The summed E-state index contributed by atoms with van der Waals surface area (Å²) < 4.78 is 31.7. The molecule has 0 aliphatic heterocycles. The van der Waals surface area contributed by atoms with Crippen LogP contribution in [-0.4, -0.2) is 12.4 Å². The molecule has 2 nitrogen and oxygen atoms in total. The first kappa shape index (κ1) is 17.6. The number of rotatable bonds is 9. The van der Waals surface area contributed by atoms with Gasteiger partial charge in [0.1, 0.15) is 5.75 Å². The summed E-state index contributed by atoms with van der Waals surface area (Å²) in [5, 5.41) is 0. The molecule has 0 amide bonds. The van der Waals surface area contributed by atoms with Crippen molar-refractivity contribution in [3.8, 4) is 5.75 Å². The Balaban J connectivity index is 2.93. The van der Waals surface area contributed by atoms with Crippen LogP contribution >= 0.6 is 0 Å². The van der Waals surface area contributed by atoms with Gasteiger partial charge in [0, 0.05) is 12.0 Å². The average molecular weight is 298 g/mol. The van der Waals surface area contributed by atoms with Gasteiger partial charge >= 0.3 is 0 Å². The van der Waals surface area contributed by atoms with Crippen molar-refractivity contribution in [3.63, 3.8) is 0 Å². The van der Waals surface area contributed by atoms with Crippen LogP contribution < -0.4 is 4.74 Å². The van der Waals surface area contributed by atoms with Crippen LogP contribution in [0.5, 0.6) is 5.75 Å². The molecule has 0 heterocycles. The van der Waals surface area contributed by atoms with Crippen LogP contribution in [0.2, 0.25) is 0 Å². The normalized spacial score (nSPS) is 11.0. The molecule has 4 heteroatoms. The smallest absolute Gasteiger partial charge is 0.267 e. The second-order valence-corrected chi connectivity index (χ2v) is 5.12. The molecule has 1 aromatic carbocycles. The first-order valence-electron chi connectivity index (χ1n) is 7.60. The third-order valence-corrected chi connectivity index (χ3v) is 3.55. The van der Waals surface area contributed by atoms with Crippen LogP contribution in [0.15, 0.2) is 12.1 Å². The molecule has 0 aliphatic rings. The van der Waals surface area contributed by atoms with Crippen molar-refractivity contribution in [1.82, 2.24) is 0 Å². The SMILES string of the molecule is CCCCCCC(=O)c1ccc(OCC)c(C(F)F)c1C. The number of benzene rings is 1. The van der Waals surface area contributed by atoms with E-state index in [0.717, 1.165) is 25.7 Å². The van der Waals surface area contributed by atoms with Gasteiger partial charge in [-0.2, -0.15) is 0 Å². The van der Waals surface area contributed by atoms with Crippen LogP contribution in [0.4, 0.5) is 8.78 Å². The number of ketones is 1. The maximum atomic E-state index is 13.2. The topological polar surface area (TPSA) is 26.3 Å². The highest BCUT2D eigenvalue weighted by molar-refractivity contribution is 5.98. The first-order chi connectivity index (χ1) is 10.0. The molecule has 1 aromatic rings. The quantitative estimate of drug-likeness (QED) is 0.445. The van der Waals surface area contributed by atoms with E-state index in [1.165, 1.54) is 6.07 Å². The van der Waals surface area contributed by atoms with Gasteiger partial charge in [0.25, 0.3) is 6.43 Å². The number of ether oxygens (including phenoxy) is 1. The molecule has 0 radical (unpaired) electrons. The van der Waals surface area contributed by atoms with Gasteiger partial charge in [0.15, 0.2) is 5.78 Å². The number of alkyl halides is 2. The summed E-state index contributed by atoms with van der Waals surface area (Å²) in [6, 6.07) is 3.09. The Morgan fingerprint density at radius 1 is 1.19 bits per heavy atom. The molecule has 0 saturated carbocycles. The van der Waals surface area contributed by atoms with E-state index in [2.05, 4.69) is 6.92 Å². The van der Waals surface area contributed by atoms with E-state index in [1.807, 2.05) is 0 Å². The van der Waals surface area contributed by atoms with Crippen molar-refractivity contribution in [3.05, 3.63) is 28.8 Å². The minimum Gasteiger partial charge on any atom is -0.493 e. The summed E-state index contributed by atoms with van der Waals surface area (Å²) in [7, 11) is 0. The molecular weight excluding hydrogens is 274 g/mol. The van der Waals surface area contributed by atoms with E-state index in [9.17, 15) is 13.6 Å². The lowest BCUT2D eigenvalue weighted by atomic mass is 9.95. The molecule has 0 fully saturated rings. The van der Waals surface area contributed by atoms with E-state index in [-0.39, 0.29) is 17.1 Å². The van der Waals surface area contributed by atoms with Gasteiger partial charge in [0.05, 0.1) is 12.2 Å². The summed E-state index contributed by atoms with van der Waals surface area (Å²) in [6.45, 7) is 5.75. The molecule has 21 heavy (non-hydrogen) atoms. The van der Waals surface area contributed by atoms with Crippen LogP contribution in [0.3, 0.4) is 0 Å². The molecule has 1 rings (SSSR count). The van der Waals surface area contributed by atoms with E-state index in [1.54, 1.807) is 19.9 Å². The summed E-state index contributed by atoms with van der Waals surface area (Å²) in [5.41, 5.74) is 0.581. The number of unbranched alkanes of at least 4 members (excludes halogenated alkanes) is 3. The molecular formula is C17H24F2O2. The standard InChI is InChI=1S/C17H24F2O2/c1-4-6-7-8-9-14(20)13-10-11-15(21-5-2)16(12(13)3)17(18)19/h10-11,17H,4-9H2,1-3H3. The lowest BCUT2D eigenvalue weighted by Gasteiger charge is -2.15. The fraction of sp³-hybridized carbons (Fsp3) is 0.588. The Hall–Kier alpha value is -1.45. The van der Waals surface area contributed by atoms with Gasteiger partial charge in [0.2, 0.25) is 0 Å². The molecule has 0 spiro atoms. The third-order valence-electron chi connectivity index (χ3n) is 3.55. The Morgan fingerprint density at radius 3 is 2.48 bits per heavy atom. The zero-order chi connectivity index (χ0) is 15.8. The molecule has 0 unspecified atom stereocenters. The van der Waals surface area contributed by atoms with Crippen LogP contribution in [-0.2, 0) is 0 Å². The van der Waals surface area contributed by atoms with E-state index in [0.29, 0.717) is 24.2 Å². The largest absolute Gasteiger partial charge is 0.493 e. The molecule has 118 valence electrons. The summed E-state index contributed by atoms with van der Waals surface area (Å²) in [5.74, 6) is 0.112. The zero-order valence-electron chi connectivity index (χ0n) is 13.0. The van der Waals surface area contributed by atoms with Crippen LogP contribution in [0.1, 0.15) is 73.9 Å². The zero-order valence-corrected chi connectivity index (χ0v) is 13.0. The highest BCUT2D eigenvalue weighted by atomic mass is 19.3. The number of carbonyl (C=O) groups excluding carboxylic acids is 1. The van der Waals surface area contributed by atoms with Gasteiger partial charge in [-0.1, -0.05) is 26.2 Å². The highest BCUT2D eigenvalue weighted by Crippen LogP contribution is 2.34. The fourth-order valence-corrected chi connectivity index (χ4v) is 2.41. The predicted octanol–water partition coefficient (Wildman–Crippen LogP) is 5.48. The Kier molecular flexibility index (Phi) is 7.34. The fourth-order valence-electron chi connectivity index (χ4n) is 2.41. The second-order valence-electron chi connectivity index (χ2n) is 5.12. The monoisotopic (exact) mass is 298 g/mol. The number of hydrogen-bond acceptors (Lipinski definition) is 2. The van der Waals surface area contributed by atoms with Crippen LogP contribution in [0.25, 0.3) is 0 Å². The van der Waals surface area contributed by atoms with Crippen molar-refractivity contribution in [2.24, 2.45) is 0 Å². The van der Waals surface area contributed by atoms with Gasteiger partial charge < -0.3 is 4.74 Å². The number of carbonyl (C=O) groups is 1. The van der Waals surface area contributed by atoms with Crippen molar-refractivity contribution in [1.29, 1.82) is 0 Å². The summed E-state index contributed by atoms with van der Waals surface area (Å²) in [4.78, 5) is 12.2. The molecule has 0 aromatic heterocycles. The van der Waals surface area contributed by atoms with E-state index < -0.39 is 6.43 Å². The second kappa shape index (κ2) is 8.75. The number of halogens is 2. The van der Waals surface area contributed by atoms with Gasteiger partial charge in [-0.3, -0.25) is 4.79 Å². The minimum absolute atomic E-state index is 0.0615. The van der Waals surface area contributed by atoms with Crippen molar-refractivity contribution < 1.29 is 18.3 Å². The van der Waals surface area contributed by atoms with Crippen molar-refractivity contribution in [2.45, 2.75) is 59.3 Å². The number of hydrogen-bond donors (Lipinski definition) is 0. The predicted molar refractivity (Wildman–Crippen MR) is 80.4 cm³/mol. The van der Waals surface area contributed by atoms with Gasteiger partial charge in [-0.05, 0) is 38.0 Å². The molecule has 0 atom stereocenters. The molecule has 0 N–H and O–H groups in total. The van der Waals surface area contributed by atoms with Crippen molar-refractivity contribution in [2.75, 3.05) is 6.61 Å². The van der Waals surface area contributed by atoms with Gasteiger partial charge in [-0.25, -0.2) is 8.78 Å². The minimum atomic E-state index is -2.64. The first-order valence-corrected chi connectivity index (χ1v) is 7.60. The Bertz CT molecular complexity index is 470. The van der Waals surface area contributed by atoms with Crippen molar-refractivity contribution >= 4 is 5.78 Å². The van der Waals surface area contributed by atoms with Crippen LogP contribution in [0, 0.1) is 6.92 Å².